The maximum Gasteiger partial charge on any atom is 0.0489 e. The SMILES string of the molecule is c1ccc2c(c1)CCCN2CCCCCn1cccn1. The molecule has 1 aliphatic rings. The monoisotopic (exact) mass is 269 g/mol. The third kappa shape index (κ3) is 3.21. The summed E-state index contributed by atoms with van der Waals surface area (Å²) in [7, 11) is 0. The third-order valence-electron chi connectivity index (χ3n) is 4.08. The molecule has 3 heteroatoms. The van der Waals surface area contributed by atoms with Gasteiger partial charge in [-0.3, -0.25) is 4.68 Å². The predicted molar refractivity (Wildman–Crippen MR) is 83.1 cm³/mol. The molecule has 0 saturated heterocycles. The molecular formula is C17H23N3. The molecule has 2 heterocycles. The third-order valence-corrected chi connectivity index (χ3v) is 4.08. The Balaban J connectivity index is 1.43. The first kappa shape index (κ1) is 13.2. The highest BCUT2D eigenvalue weighted by Gasteiger charge is 2.15. The van der Waals surface area contributed by atoms with Gasteiger partial charge in [-0.1, -0.05) is 18.2 Å². The fraction of sp³-hybridized carbons (Fsp3) is 0.471. The molecule has 1 aromatic carbocycles. The van der Waals surface area contributed by atoms with Crippen molar-refractivity contribution < 1.29 is 0 Å². The van der Waals surface area contributed by atoms with E-state index in [0.29, 0.717) is 0 Å². The first-order chi connectivity index (χ1) is 9.93. The van der Waals surface area contributed by atoms with Crippen molar-refractivity contribution in [1.29, 1.82) is 0 Å². The predicted octanol–water partition coefficient (Wildman–Crippen LogP) is 3.51. The summed E-state index contributed by atoms with van der Waals surface area (Å²) in [4.78, 5) is 2.56. The van der Waals surface area contributed by atoms with Crippen molar-refractivity contribution in [3.63, 3.8) is 0 Å². The van der Waals surface area contributed by atoms with E-state index in [1.807, 2.05) is 23.1 Å². The van der Waals surface area contributed by atoms with E-state index in [0.717, 1.165) is 6.54 Å². The number of hydrogen-bond donors (Lipinski definition) is 0. The molecule has 3 rings (SSSR count). The first-order valence-corrected chi connectivity index (χ1v) is 7.74. The van der Waals surface area contributed by atoms with Crippen molar-refractivity contribution >= 4 is 5.69 Å². The van der Waals surface area contributed by atoms with Crippen LogP contribution in [0.4, 0.5) is 5.69 Å². The van der Waals surface area contributed by atoms with Gasteiger partial charge in [0.15, 0.2) is 0 Å². The molecule has 0 saturated carbocycles. The molecule has 2 aromatic rings. The van der Waals surface area contributed by atoms with Crippen LogP contribution in [0.1, 0.15) is 31.2 Å². The minimum Gasteiger partial charge on any atom is -0.371 e. The molecule has 20 heavy (non-hydrogen) atoms. The Labute approximate surface area is 121 Å². The van der Waals surface area contributed by atoms with Gasteiger partial charge in [-0.25, -0.2) is 0 Å². The minimum atomic E-state index is 1.05. The van der Waals surface area contributed by atoms with Gasteiger partial charge in [0.25, 0.3) is 0 Å². The summed E-state index contributed by atoms with van der Waals surface area (Å²) in [5.41, 5.74) is 2.99. The normalized spacial score (nSPS) is 14.3. The number of rotatable bonds is 6. The maximum atomic E-state index is 4.24. The molecule has 0 radical (unpaired) electrons. The average molecular weight is 269 g/mol. The van der Waals surface area contributed by atoms with Crippen molar-refractivity contribution in [1.82, 2.24) is 9.78 Å². The number of benzene rings is 1. The summed E-state index contributed by atoms with van der Waals surface area (Å²) in [5, 5.41) is 4.24. The highest BCUT2D eigenvalue weighted by molar-refractivity contribution is 5.55. The van der Waals surface area contributed by atoms with Gasteiger partial charge in [0, 0.05) is 37.7 Å². The van der Waals surface area contributed by atoms with Crippen LogP contribution in [0.3, 0.4) is 0 Å². The molecule has 0 N–H and O–H groups in total. The van der Waals surface area contributed by atoms with Crippen LogP contribution in [0, 0.1) is 0 Å². The lowest BCUT2D eigenvalue weighted by Crippen LogP contribution is -2.30. The smallest absolute Gasteiger partial charge is 0.0489 e. The van der Waals surface area contributed by atoms with Gasteiger partial charge in [-0.15, -0.1) is 0 Å². The van der Waals surface area contributed by atoms with Crippen LogP contribution in [0.2, 0.25) is 0 Å². The van der Waals surface area contributed by atoms with Gasteiger partial charge < -0.3 is 4.90 Å². The molecule has 0 amide bonds. The molecule has 0 unspecified atom stereocenters. The second-order valence-corrected chi connectivity index (χ2v) is 5.55. The van der Waals surface area contributed by atoms with Gasteiger partial charge in [-0.05, 0) is 49.8 Å². The quantitative estimate of drug-likeness (QED) is 0.748. The molecule has 1 aliphatic heterocycles. The number of fused-ring (bicyclic) bond motifs is 1. The van der Waals surface area contributed by atoms with E-state index in [1.165, 1.54) is 56.4 Å². The van der Waals surface area contributed by atoms with E-state index in [9.17, 15) is 0 Å². The Bertz CT molecular complexity index is 519. The fourth-order valence-corrected chi connectivity index (χ4v) is 3.03. The van der Waals surface area contributed by atoms with E-state index in [-0.39, 0.29) is 0 Å². The van der Waals surface area contributed by atoms with Gasteiger partial charge >= 0.3 is 0 Å². The lowest BCUT2D eigenvalue weighted by atomic mass is 10.0. The second kappa shape index (κ2) is 6.60. The van der Waals surface area contributed by atoms with Crippen molar-refractivity contribution in [3.05, 3.63) is 48.3 Å². The Kier molecular flexibility index (Phi) is 4.36. The molecule has 1 aromatic heterocycles. The zero-order chi connectivity index (χ0) is 13.6. The van der Waals surface area contributed by atoms with Crippen LogP contribution in [0.15, 0.2) is 42.7 Å². The Morgan fingerprint density at radius 2 is 1.90 bits per heavy atom. The van der Waals surface area contributed by atoms with Crippen LogP contribution >= 0.6 is 0 Å². The highest BCUT2D eigenvalue weighted by atomic mass is 15.3. The summed E-state index contributed by atoms with van der Waals surface area (Å²) in [6.07, 6.45) is 10.2. The molecular weight excluding hydrogens is 246 g/mol. The maximum absolute atomic E-state index is 4.24. The molecule has 0 fully saturated rings. The largest absolute Gasteiger partial charge is 0.371 e. The molecule has 0 spiro atoms. The Morgan fingerprint density at radius 3 is 2.80 bits per heavy atom. The standard InChI is InChI=1S/C17H23N3/c1(5-14-20-15-7-11-18-20)4-12-19-13-6-9-16-8-2-3-10-17(16)19/h2-3,7-8,10-11,15H,1,4-6,9,12-14H2. The van der Waals surface area contributed by atoms with Crippen molar-refractivity contribution in [3.8, 4) is 0 Å². The zero-order valence-electron chi connectivity index (χ0n) is 12.0. The van der Waals surface area contributed by atoms with E-state index in [2.05, 4.69) is 34.3 Å². The molecule has 0 bridgehead atoms. The van der Waals surface area contributed by atoms with E-state index < -0.39 is 0 Å². The van der Waals surface area contributed by atoms with Crippen molar-refractivity contribution in [2.45, 2.75) is 38.6 Å². The van der Waals surface area contributed by atoms with Gasteiger partial charge in [-0.2, -0.15) is 5.10 Å². The van der Waals surface area contributed by atoms with Crippen LogP contribution in [-0.4, -0.2) is 22.9 Å². The van der Waals surface area contributed by atoms with E-state index >= 15 is 0 Å². The summed E-state index contributed by atoms with van der Waals surface area (Å²) in [5.74, 6) is 0. The number of unbranched alkanes of at least 4 members (excludes halogenated alkanes) is 2. The zero-order valence-corrected chi connectivity index (χ0v) is 12.0. The van der Waals surface area contributed by atoms with E-state index in [4.69, 9.17) is 0 Å². The number of anilines is 1. The summed E-state index contributed by atoms with van der Waals surface area (Å²) >= 11 is 0. The Hall–Kier alpha value is -1.77. The summed E-state index contributed by atoms with van der Waals surface area (Å²) in [6, 6.07) is 10.9. The van der Waals surface area contributed by atoms with Crippen LogP contribution in [0.25, 0.3) is 0 Å². The Morgan fingerprint density at radius 1 is 1.00 bits per heavy atom. The molecule has 0 aliphatic carbocycles. The second-order valence-electron chi connectivity index (χ2n) is 5.55. The fourth-order valence-electron chi connectivity index (χ4n) is 3.03. The van der Waals surface area contributed by atoms with Gasteiger partial charge in [0.2, 0.25) is 0 Å². The van der Waals surface area contributed by atoms with Crippen LogP contribution in [-0.2, 0) is 13.0 Å². The molecule has 106 valence electrons. The van der Waals surface area contributed by atoms with Gasteiger partial charge in [0.1, 0.15) is 0 Å². The lowest BCUT2D eigenvalue weighted by molar-refractivity contribution is 0.538. The van der Waals surface area contributed by atoms with Crippen molar-refractivity contribution in [2.75, 3.05) is 18.0 Å². The van der Waals surface area contributed by atoms with Crippen molar-refractivity contribution in [2.24, 2.45) is 0 Å². The van der Waals surface area contributed by atoms with Gasteiger partial charge in [0.05, 0.1) is 0 Å². The summed E-state index contributed by atoms with van der Waals surface area (Å²) in [6.45, 7) is 3.45. The topological polar surface area (TPSA) is 21.1 Å². The van der Waals surface area contributed by atoms with Crippen LogP contribution in [0.5, 0.6) is 0 Å². The van der Waals surface area contributed by atoms with E-state index in [1.54, 1.807) is 0 Å². The first-order valence-electron chi connectivity index (χ1n) is 7.74. The number of para-hydroxylation sites is 1. The number of hydrogen-bond acceptors (Lipinski definition) is 2. The number of aryl methyl sites for hydroxylation is 2. The van der Waals surface area contributed by atoms with Crippen LogP contribution < -0.4 is 4.90 Å². The minimum absolute atomic E-state index is 1.05. The summed E-state index contributed by atoms with van der Waals surface area (Å²) < 4.78 is 2.02. The number of aromatic nitrogens is 2. The average Bonchev–Trinajstić information content (AvgIpc) is 3.00. The lowest BCUT2D eigenvalue weighted by Gasteiger charge is -2.31. The molecule has 0 atom stereocenters. The molecule has 3 nitrogen and oxygen atoms in total. The highest BCUT2D eigenvalue weighted by Crippen LogP contribution is 2.26. The number of nitrogens with zero attached hydrogens (tertiary/aromatic N) is 3.